The fourth-order valence-electron chi connectivity index (χ4n) is 0.940. The lowest BCUT2D eigenvalue weighted by atomic mass is 10.2. The van der Waals surface area contributed by atoms with Gasteiger partial charge in [0.05, 0.1) is 11.3 Å². The Hall–Kier alpha value is -2.86. The molecule has 16 heavy (non-hydrogen) atoms. The average Bonchev–Trinajstić information content (AvgIpc) is 2.30. The average molecular weight is 212 g/mol. The normalized spacial score (nSPS) is 10.0. The van der Waals surface area contributed by atoms with Crippen LogP contribution in [0.25, 0.3) is 0 Å². The summed E-state index contributed by atoms with van der Waals surface area (Å²) in [5.74, 6) is -0.426. The van der Waals surface area contributed by atoms with Crippen molar-refractivity contribution < 1.29 is 0 Å². The van der Waals surface area contributed by atoms with Crippen LogP contribution in [-0.2, 0) is 0 Å². The topological polar surface area (TPSA) is 122 Å². The van der Waals surface area contributed by atoms with Crippen molar-refractivity contribution in [3.05, 3.63) is 29.8 Å². The SMILES string of the molecule is N#C/C(=N\Nc1ccccc1C#N)C(=N)N. The van der Waals surface area contributed by atoms with Gasteiger partial charge in [-0.05, 0) is 12.1 Å². The van der Waals surface area contributed by atoms with Gasteiger partial charge in [0.25, 0.3) is 0 Å². The molecule has 1 aromatic carbocycles. The maximum atomic E-state index is 8.78. The predicted molar refractivity (Wildman–Crippen MR) is 59.7 cm³/mol. The zero-order chi connectivity index (χ0) is 12.0. The van der Waals surface area contributed by atoms with Crippen molar-refractivity contribution in [2.45, 2.75) is 0 Å². The van der Waals surface area contributed by atoms with E-state index in [0.717, 1.165) is 0 Å². The summed E-state index contributed by atoms with van der Waals surface area (Å²) in [6, 6.07) is 10.3. The van der Waals surface area contributed by atoms with Gasteiger partial charge in [0, 0.05) is 0 Å². The zero-order valence-corrected chi connectivity index (χ0v) is 8.23. The van der Waals surface area contributed by atoms with Crippen LogP contribution in [-0.4, -0.2) is 11.5 Å². The number of nitriles is 2. The van der Waals surface area contributed by atoms with Gasteiger partial charge in [-0.15, -0.1) is 0 Å². The summed E-state index contributed by atoms with van der Waals surface area (Å²) >= 11 is 0. The Kier molecular flexibility index (Phi) is 3.59. The lowest BCUT2D eigenvalue weighted by molar-refractivity contribution is 1.32. The molecule has 1 rings (SSSR count). The summed E-state index contributed by atoms with van der Waals surface area (Å²) in [6.45, 7) is 0. The van der Waals surface area contributed by atoms with Gasteiger partial charge >= 0.3 is 0 Å². The third-order valence-electron chi connectivity index (χ3n) is 1.70. The Morgan fingerprint density at radius 3 is 2.62 bits per heavy atom. The van der Waals surface area contributed by atoms with Crippen LogP contribution in [0.4, 0.5) is 5.69 Å². The lowest BCUT2D eigenvalue weighted by Crippen LogP contribution is -2.21. The molecule has 6 heteroatoms. The molecule has 0 amide bonds. The molecule has 0 atom stereocenters. The van der Waals surface area contributed by atoms with Gasteiger partial charge in [0.1, 0.15) is 12.1 Å². The Labute approximate surface area is 92.1 Å². The molecule has 0 saturated carbocycles. The number of nitrogens with zero attached hydrogens (tertiary/aromatic N) is 3. The molecule has 0 aliphatic rings. The van der Waals surface area contributed by atoms with E-state index < -0.39 is 5.84 Å². The molecule has 4 N–H and O–H groups in total. The number of nitrogens with two attached hydrogens (primary N) is 1. The fraction of sp³-hybridized carbons (Fsp3) is 0. The van der Waals surface area contributed by atoms with Crippen molar-refractivity contribution in [1.82, 2.24) is 0 Å². The molecule has 0 aliphatic carbocycles. The third kappa shape index (κ3) is 2.56. The maximum absolute atomic E-state index is 8.78. The van der Waals surface area contributed by atoms with Crippen LogP contribution >= 0.6 is 0 Å². The first kappa shape index (κ1) is 11.2. The molecule has 0 heterocycles. The molecule has 0 fully saturated rings. The van der Waals surface area contributed by atoms with E-state index in [-0.39, 0.29) is 5.71 Å². The van der Waals surface area contributed by atoms with Crippen molar-refractivity contribution >= 4 is 17.2 Å². The summed E-state index contributed by atoms with van der Waals surface area (Å²) in [4.78, 5) is 0. The Bertz CT molecular complexity index is 517. The molecule has 0 aliphatic heterocycles. The number of benzene rings is 1. The summed E-state index contributed by atoms with van der Waals surface area (Å²) in [5.41, 5.74) is 8.25. The molecule has 0 bridgehead atoms. The largest absolute Gasteiger partial charge is 0.382 e. The molecule has 6 nitrogen and oxygen atoms in total. The molecule has 0 unspecified atom stereocenters. The van der Waals surface area contributed by atoms with E-state index in [1.807, 2.05) is 6.07 Å². The molecule has 0 spiro atoms. The fourth-order valence-corrected chi connectivity index (χ4v) is 0.940. The molecular formula is C10H8N6. The minimum atomic E-state index is -0.426. The van der Waals surface area contributed by atoms with Crippen LogP contribution in [0, 0.1) is 28.1 Å². The van der Waals surface area contributed by atoms with E-state index >= 15 is 0 Å². The molecule has 1 aromatic rings. The molecule has 0 radical (unpaired) electrons. The number of hydrogen-bond acceptors (Lipinski definition) is 5. The van der Waals surface area contributed by atoms with Gasteiger partial charge in [-0.3, -0.25) is 10.8 Å². The van der Waals surface area contributed by atoms with E-state index in [2.05, 4.69) is 10.5 Å². The third-order valence-corrected chi connectivity index (χ3v) is 1.70. The van der Waals surface area contributed by atoms with Gasteiger partial charge in [-0.25, -0.2) is 0 Å². The number of nitrogens with one attached hydrogen (secondary N) is 2. The highest BCUT2D eigenvalue weighted by molar-refractivity contribution is 6.45. The van der Waals surface area contributed by atoms with Gasteiger partial charge in [0.15, 0.2) is 5.84 Å². The smallest absolute Gasteiger partial charge is 0.201 e. The van der Waals surface area contributed by atoms with Crippen LogP contribution in [0.5, 0.6) is 0 Å². The minimum Gasteiger partial charge on any atom is -0.382 e. The van der Waals surface area contributed by atoms with Crippen LogP contribution in [0.2, 0.25) is 0 Å². The highest BCUT2D eigenvalue weighted by Gasteiger charge is 2.02. The Balaban J connectivity index is 2.95. The van der Waals surface area contributed by atoms with Crippen molar-refractivity contribution in [3.63, 3.8) is 0 Å². The first-order valence-corrected chi connectivity index (χ1v) is 4.26. The van der Waals surface area contributed by atoms with Crippen LogP contribution in [0.1, 0.15) is 5.56 Å². The highest BCUT2D eigenvalue weighted by Crippen LogP contribution is 2.13. The first-order chi connectivity index (χ1) is 7.69. The molecular weight excluding hydrogens is 204 g/mol. The van der Waals surface area contributed by atoms with E-state index in [1.165, 1.54) is 0 Å². The quantitative estimate of drug-likeness (QED) is 0.389. The lowest BCUT2D eigenvalue weighted by Gasteiger charge is -2.02. The number of hydrogen-bond donors (Lipinski definition) is 3. The standard InChI is InChI=1S/C10H8N6/c11-5-7-3-1-2-4-8(7)15-16-9(6-12)10(13)14/h1-4,15H,(H3,13,14)/b16-9+. The monoisotopic (exact) mass is 212 g/mol. The highest BCUT2D eigenvalue weighted by atomic mass is 15.3. The van der Waals surface area contributed by atoms with Crippen molar-refractivity contribution in [2.24, 2.45) is 10.8 Å². The number of rotatable bonds is 3. The summed E-state index contributed by atoms with van der Waals surface area (Å²) in [5, 5.41) is 28.0. The van der Waals surface area contributed by atoms with Gasteiger partial charge in [-0.1, -0.05) is 12.1 Å². The van der Waals surface area contributed by atoms with E-state index in [1.54, 1.807) is 30.3 Å². The summed E-state index contributed by atoms with van der Waals surface area (Å²) < 4.78 is 0. The minimum absolute atomic E-state index is 0.229. The van der Waals surface area contributed by atoms with Crippen LogP contribution in [0.3, 0.4) is 0 Å². The van der Waals surface area contributed by atoms with Crippen LogP contribution in [0.15, 0.2) is 29.4 Å². The number of hydrazone groups is 1. The molecule has 78 valence electrons. The summed E-state index contributed by atoms with van der Waals surface area (Å²) in [7, 11) is 0. The summed E-state index contributed by atoms with van der Waals surface area (Å²) in [6.07, 6.45) is 0. The second kappa shape index (κ2) is 5.13. The Morgan fingerprint density at radius 2 is 2.06 bits per heavy atom. The van der Waals surface area contributed by atoms with Crippen molar-refractivity contribution in [3.8, 4) is 12.1 Å². The predicted octanol–water partition coefficient (Wildman–Crippen LogP) is 0.786. The van der Waals surface area contributed by atoms with Gasteiger partial charge < -0.3 is 5.73 Å². The van der Waals surface area contributed by atoms with Gasteiger partial charge in [-0.2, -0.15) is 15.6 Å². The zero-order valence-electron chi connectivity index (χ0n) is 8.23. The van der Waals surface area contributed by atoms with Crippen molar-refractivity contribution in [1.29, 1.82) is 15.9 Å². The second-order valence-electron chi connectivity index (χ2n) is 2.76. The van der Waals surface area contributed by atoms with Gasteiger partial charge in [0.2, 0.25) is 5.71 Å². The van der Waals surface area contributed by atoms with E-state index in [4.69, 9.17) is 21.7 Å². The number of amidine groups is 1. The first-order valence-electron chi connectivity index (χ1n) is 4.26. The second-order valence-corrected chi connectivity index (χ2v) is 2.76. The van der Waals surface area contributed by atoms with E-state index in [0.29, 0.717) is 11.3 Å². The number of para-hydroxylation sites is 1. The van der Waals surface area contributed by atoms with Crippen molar-refractivity contribution in [2.75, 3.05) is 5.43 Å². The maximum Gasteiger partial charge on any atom is 0.201 e. The number of anilines is 1. The van der Waals surface area contributed by atoms with E-state index in [9.17, 15) is 0 Å². The van der Waals surface area contributed by atoms with Crippen LogP contribution < -0.4 is 11.2 Å². The molecule has 0 saturated heterocycles. The Morgan fingerprint density at radius 1 is 1.38 bits per heavy atom. The molecule has 0 aromatic heterocycles.